The number of nitrogens with zero attached hydrogens (tertiary/aromatic N) is 1. The Hall–Kier alpha value is -1.06. The largest absolute Gasteiger partial charge is 0.335 e. The van der Waals surface area contributed by atoms with Crippen molar-refractivity contribution in [3.05, 3.63) is 35.4 Å². The molecule has 128 valence electrons. The van der Waals surface area contributed by atoms with Gasteiger partial charge in [-0.05, 0) is 55.8 Å². The van der Waals surface area contributed by atoms with Gasteiger partial charge in [0.2, 0.25) is 5.91 Å². The molecule has 0 unspecified atom stereocenters. The molecule has 2 fully saturated rings. The summed E-state index contributed by atoms with van der Waals surface area (Å²) in [5.74, 6) is 1.18. The first-order chi connectivity index (χ1) is 10.6. The molecule has 0 aromatic heterocycles. The molecule has 1 aromatic carbocycles. The normalized spacial score (nSPS) is 18.6. The smallest absolute Gasteiger partial charge is 0.226 e. The second-order valence-corrected chi connectivity index (χ2v) is 7.12. The summed E-state index contributed by atoms with van der Waals surface area (Å²) in [6.07, 6.45) is 4.35. The number of carbonyl (C=O) groups excluding carboxylic acids is 1. The van der Waals surface area contributed by atoms with Crippen molar-refractivity contribution in [3.63, 3.8) is 0 Å². The fraction of sp³-hybridized carbons (Fsp3) is 0.632. The number of rotatable bonds is 5. The van der Waals surface area contributed by atoms with Crippen LogP contribution < -0.4 is 5.32 Å². The molecule has 3 rings (SSSR count). The molecule has 3 nitrogen and oxygen atoms in total. The van der Waals surface area contributed by atoms with E-state index in [0.717, 1.165) is 32.5 Å². The van der Waals surface area contributed by atoms with Gasteiger partial charge in [-0.15, -0.1) is 12.4 Å². The van der Waals surface area contributed by atoms with Crippen LogP contribution in [0.5, 0.6) is 0 Å². The van der Waals surface area contributed by atoms with E-state index in [4.69, 9.17) is 0 Å². The summed E-state index contributed by atoms with van der Waals surface area (Å²) in [6.45, 7) is 7.18. The lowest BCUT2D eigenvalue weighted by molar-refractivity contribution is -0.137. The molecule has 4 heteroatoms. The molecule has 1 heterocycles. The molecule has 0 radical (unpaired) electrons. The minimum Gasteiger partial charge on any atom is -0.335 e. The average Bonchev–Trinajstić information content (AvgIpc) is 3.38. The van der Waals surface area contributed by atoms with E-state index in [9.17, 15) is 4.79 Å². The van der Waals surface area contributed by atoms with Crippen molar-refractivity contribution in [1.29, 1.82) is 0 Å². The number of halogens is 1. The predicted octanol–water partition coefficient (Wildman–Crippen LogP) is 3.72. The van der Waals surface area contributed by atoms with Crippen molar-refractivity contribution in [2.45, 2.75) is 58.0 Å². The van der Waals surface area contributed by atoms with Crippen molar-refractivity contribution in [3.8, 4) is 0 Å². The van der Waals surface area contributed by atoms with Crippen molar-refractivity contribution in [2.75, 3.05) is 13.1 Å². The first kappa shape index (κ1) is 18.3. The van der Waals surface area contributed by atoms with Gasteiger partial charge in [0.25, 0.3) is 0 Å². The Kier molecular flexibility index (Phi) is 6.49. The monoisotopic (exact) mass is 336 g/mol. The van der Waals surface area contributed by atoms with Gasteiger partial charge in [0.1, 0.15) is 0 Å². The quantitative estimate of drug-likeness (QED) is 0.888. The lowest BCUT2D eigenvalue weighted by Crippen LogP contribution is -2.41. The van der Waals surface area contributed by atoms with Crippen LogP contribution >= 0.6 is 12.4 Å². The van der Waals surface area contributed by atoms with E-state index in [-0.39, 0.29) is 18.3 Å². The van der Waals surface area contributed by atoms with Crippen molar-refractivity contribution in [2.24, 2.45) is 5.92 Å². The van der Waals surface area contributed by atoms with E-state index in [1.54, 1.807) is 0 Å². The lowest BCUT2D eigenvalue weighted by Gasteiger charge is -2.30. The highest BCUT2D eigenvalue weighted by Crippen LogP contribution is 2.31. The third-order valence-electron chi connectivity index (χ3n) is 4.96. The molecule has 0 atom stereocenters. The molecule has 1 amide bonds. The summed E-state index contributed by atoms with van der Waals surface area (Å²) in [7, 11) is 0. The number of hydrogen-bond acceptors (Lipinski definition) is 2. The zero-order chi connectivity index (χ0) is 15.5. The SMILES string of the molecule is CC(C)c1ccc(CN(C(=O)C2CCNCC2)C2CC2)cc1.Cl. The van der Waals surface area contributed by atoms with Gasteiger partial charge < -0.3 is 10.2 Å². The summed E-state index contributed by atoms with van der Waals surface area (Å²) in [4.78, 5) is 15.0. The van der Waals surface area contributed by atoms with Gasteiger partial charge in [-0.25, -0.2) is 0 Å². The molecule has 1 saturated heterocycles. The number of piperidine rings is 1. The van der Waals surface area contributed by atoms with Gasteiger partial charge in [-0.3, -0.25) is 4.79 Å². The molecule has 1 saturated carbocycles. The van der Waals surface area contributed by atoms with Crippen LogP contribution in [0.4, 0.5) is 0 Å². The summed E-state index contributed by atoms with van der Waals surface area (Å²) in [6, 6.07) is 9.30. The van der Waals surface area contributed by atoms with Crippen LogP contribution in [0.25, 0.3) is 0 Å². The molecule has 1 N–H and O–H groups in total. The van der Waals surface area contributed by atoms with Gasteiger partial charge in [-0.2, -0.15) is 0 Å². The molecule has 23 heavy (non-hydrogen) atoms. The highest BCUT2D eigenvalue weighted by molar-refractivity contribution is 5.85. The standard InChI is InChI=1S/C19H28N2O.ClH/c1-14(2)16-5-3-15(4-6-16)13-21(18-7-8-18)19(22)17-9-11-20-12-10-17;/h3-6,14,17-18,20H,7-13H2,1-2H3;1H. The fourth-order valence-electron chi connectivity index (χ4n) is 3.28. The lowest BCUT2D eigenvalue weighted by atomic mass is 9.96. The Labute approximate surface area is 146 Å². The number of benzene rings is 1. The second kappa shape index (κ2) is 8.16. The molecule has 0 spiro atoms. The van der Waals surface area contributed by atoms with Gasteiger partial charge in [-0.1, -0.05) is 38.1 Å². The maximum atomic E-state index is 12.9. The zero-order valence-corrected chi connectivity index (χ0v) is 15.1. The molecule has 1 aromatic rings. The van der Waals surface area contributed by atoms with Crippen LogP contribution in [0.15, 0.2) is 24.3 Å². The predicted molar refractivity (Wildman–Crippen MR) is 96.9 cm³/mol. The average molecular weight is 337 g/mol. The van der Waals surface area contributed by atoms with Crippen LogP contribution in [0.1, 0.15) is 56.6 Å². The molecule has 0 bridgehead atoms. The van der Waals surface area contributed by atoms with E-state index in [1.807, 2.05) is 0 Å². The Morgan fingerprint density at radius 2 is 1.74 bits per heavy atom. The van der Waals surface area contributed by atoms with E-state index in [0.29, 0.717) is 17.9 Å². The maximum Gasteiger partial charge on any atom is 0.226 e. The van der Waals surface area contributed by atoms with Crippen LogP contribution in [-0.2, 0) is 11.3 Å². The number of carbonyl (C=O) groups is 1. The highest BCUT2D eigenvalue weighted by Gasteiger charge is 2.36. The van der Waals surface area contributed by atoms with Gasteiger partial charge in [0.15, 0.2) is 0 Å². The third kappa shape index (κ3) is 4.71. The number of amides is 1. The van der Waals surface area contributed by atoms with Crippen LogP contribution in [0.2, 0.25) is 0 Å². The van der Waals surface area contributed by atoms with Gasteiger partial charge >= 0.3 is 0 Å². The van der Waals surface area contributed by atoms with Crippen molar-refractivity contribution < 1.29 is 4.79 Å². The third-order valence-corrected chi connectivity index (χ3v) is 4.96. The Morgan fingerprint density at radius 1 is 1.13 bits per heavy atom. The van der Waals surface area contributed by atoms with Crippen LogP contribution in [0.3, 0.4) is 0 Å². The number of nitrogens with one attached hydrogen (secondary N) is 1. The van der Waals surface area contributed by atoms with Crippen molar-refractivity contribution in [1.82, 2.24) is 10.2 Å². The number of hydrogen-bond donors (Lipinski definition) is 1. The minimum atomic E-state index is 0. The Balaban J connectivity index is 0.00000192. The summed E-state index contributed by atoms with van der Waals surface area (Å²) in [5, 5.41) is 3.35. The second-order valence-electron chi connectivity index (χ2n) is 7.12. The first-order valence-electron chi connectivity index (χ1n) is 8.75. The Bertz CT molecular complexity index is 505. The molecule has 2 aliphatic rings. The van der Waals surface area contributed by atoms with Gasteiger partial charge in [0.05, 0.1) is 0 Å². The summed E-state index contributed by atoms with van der Waals surface area (Å²) < 4.78 is 0. The molecular weight excluding hydrogens is 308 g/mol. The highest BCUT2D eigenvalue weighted by atomic mass is 35.5. The van der Waals surface area contributed by atoms with Crippen molar-refractivity contribution >= 4 is 18.3 Å². The minimum absolute atomic E-state index is 0. The van der Waals surface area contributed by atoms with E-state index in [2.05, 4.69) is 48.3 Å². The van der Waals surface area contributed by atoms with E-state index < -0.39 is 0 Å². The van der Waals surface area contributed by atoms with Gasteiger partial charge in [0, 0.05) is 18.5 Å². The molecule has 1 aliphatic heterocycles. The first-order valence-corrected chi connectivity index (χ1v) is 8.75. The maximum absolute atomic E-state index is 12.9. The summed E-state index contributed by atoms with van der Waals surface area (Å²) in [5.41, 5.74) is 2.63. The molecular formula is C19H29ClN2O. The zero-order valence-electron chi connectivity index (χ0n) is 14.3. The van der Waals surface area contributed by atoms with Crippen LogP contribution in [0, 0.1) is 5.92 Å². The van der Waals surface area contributed by atoms with E-state index >= 15 is 0 Å². The van der Waals surface area contributed by atoms with E-state index in [1.165, 1.54) is 24.0 Å². The summed E-state index contributed by atoms with van der Waals surface area (Å²) >= 11 is 0. The fourth-order valence-corrected chi connectivity index (χ4v) is 3.28. The topological polar surface area (TPSA) is 32.3 Å². The Morgan fingerprint density at radius 3 is 2.26 bits per heavy atom. The van der Waals surface area contributed by atoms with Crippen LogP contribution in [-0.4, -0.2) is 29.9 Å². The molecule has 1 aliphatic carbocycles.